The summed E-state index contributed by atoms with van der Waals surface area (Å²) in [6.45, 7) is 3.74. The Labute approximate surface area is 168 Å². The molecule has 1 N–H and O–H groups in total. The number of methoxy groups -OCH3 is 1. The lowest BCUT2D eigenvalue weighted by Crippen LogP contribution is -2.21. The van der Waals surface area contributed by atoms with E-state index in [0.29, 0.717) is 11.6 Å². The number of ether oxygens (including phenoxy) is 2. The van der Waals surface area contributed by atoms with E-state index in [0.717, 1.165) is 12.0 Å². The number of hydrogen-bond donors (Lipinski definition) is 1. The van der Waals surface area contributed by atoms with Crippen LogP contribution in [0.2, 0.25) is 10.0 Å². The summed E-state index contributed by atoms with van der Waals surface area (Å²) in [7, 11) is 1.42. The monoisotopic (exact) mass is 409 g/mol. The number of para-hydroxylation sites is 1. The maximum Gasteiger partial charge on any atom is 0.338 e. The van der Waals surface area contributed by atoms with Gasteiger partial charge >= 0.3 is 5.97 Å². The van der Waals surface area contributed by atoms with E-state index in [-0.39, 0.29) is 21.4 Å². The number of anilines is 1. The molecule has 0 spiro atoms. The first kappa shape index (κ1) is 21.1. The highest BCUT2D eigenvalue weighted by molar-refractivity contribution is 6.37. The molecule has 0 radical (unpaired) electrons. The molecule has 2 aromatic carbocycles. The maximum atomic E-state index is 12.2. The Morgan fingerprint density at radius 3 is 2.37 bits per heavy atom. The average Bonchev–Trinajstić information content (AvgIpc) is 2.65. The summed E-state index contributed by atoms with van der Waals surface area (Å²) >= 11 is 12.0. The lowest BCUT2D eigenvalue weighted by atomic mass is 9.97. The SMILES string of the molecule is CC[C@H](C)c1ccccc1NC(=O)COC(=O)c1cc(Cl)c(OC)c(Cl)c1. The lowest BCUT2D eigenvalue weighted by molar-refractivity contribution is -0.119. The second kappa shape index (κ2) is 9.62. The summed E-state index contributed by atoms with van der Waals surface area (Å²) in [5.74, 6) is -0.557. The molecule has 7 heteroatoms. The Kier molecular flexibility index (Phi) is 7.51. The van der Waals surface area contributed by atoms with Crippen molar-refractivity contribution < 1.29 is 19.1 Å². The largest absolute Gasteiger partial charge is 0.494 e. The van der Waals surface area contributed by atoms with Gasteiger partial charge in [-0.3, -0.25) is 4.79 Å². The van der Waals surface area contributed by atoms with Crippen LogP contribution in [-0.4, -0.2) is 25.6 Å². The zero-order chi connectivity index (χ0) is 20.0. The van der Waals surface area contributed by atoms with Gasteiger partial charge < -0.3 is 14.8 Å². The minimum absolute atomic E-state index is 0.138. The molecule has 2 aromatic rings. The van der Waals surface area contributed by atoms with Gasteiger partial charge in [0, 0.05) is 5.69 Å². The number of nitrogens with one attached hydrogen (secondary N) is 1. The molecular weight excluding hydrogens is 389 g/mol. The number of carbonyl (C=O) groups is 2. The van der Waals surface area contributed by atoms with Crippen molar-refractivity contribution in [3.05, 3.63) is 57.6 Å². The second-order valence-corrected chi connectivity index (χ2v) is 6.81. The van der Waals surface area contributed by atoms with Gasteiger partial charge in [-0.15, -0.1) is 0 Å². The predicted octanol–water partition coefficient (Wildman–Crippen LogP) is 5.31. The van der Waals surface area contributed by atoms with Crippen LogP contribution in [0.25, 0.3) is 0 Å². The molecular formula is C20H21Cl2NO4. The molecule has 0 aromatic heterocycles. The van der Waals surface area contributed by atoms with Crippen LogP contribution in [0.15, 0.2) is 36.4 Å². The van der Waals surface area contributed by atoms with Gasteiger partial charge in [-0.05, 0) is 36.1 Å². The predicted molar refractivity (Wildman–Crippen MR) is 107 cm³/mol. The van der Waals surface area contributed by atoms with E-state index in [2.05, 4.69) is 19.2 Å². The Balaban J connectivity index is 2.01. The van der Waals surface area contributed by atoms with E-state index in [9.17, 15) is 9.59 Å². The fourth-order valence-electron chi connectivity index (χ4n) is 2.53. The zero-order valence-corrected chi connectivity index (χ0v) is 16.9. The van der Waals surface area contributed by atoms with E-state index < -0.39 is 18.5 Å². The first-order chi connectivity index (χ1) is 12.9. The first-order valence-electron chi connectivity index (χ1n) is 8.46. The average molecular weight is 410 g/mol. The maximum absolute atomic E-state index is 12.2. The summed E-state index contributed by atoms with van der Waals surface area (Å²) in [5, 5.41) is 3.15. The molecule has 0 saturated carbocycles. The molecule has 0 aliphatic heterocycles. The molecule has 1 atom stereocenters. The molecule has 0 heterocycles. The number of halogens is 2. The van der Waals surface area contributed by atoms with Gasteiger partial charge in [0.1, 0.15) is 0 Å². The van der Waals surface area contributed by atoms with Crippen LogP contribution in [0, 0.1) is 0 Å². The lowest BCUT2D eigenvalue weighted by Gasteiger charge is -2.15. The molecule has 2 rings (SSSR count). The van der Waals surface area contributed by atoms with Crippen LogP contribution >= 0.6 is 23.2 Å². The normalized spacial score (nSPS) is 11.6. The van der Waals surface area contributed by atoms with Crippen LogP contribution in [0.4, 0.5) is 5.69 Å². The smallest absolute Gasteiger partial charge is 0.338 e. The molecule has 144 valence electrons. The zero-order valence-electron chi connectivity index (χ0n) is 15.3. The fourth-order valence-corrected chi connectivity index (χ4v) is 3.18. The van der Waals surface area contributed by atoms with Crippen molar-refractivity contribution >= 4 is 40.8 Å². The van der Waals surface area contributed by atoms with Crippen molar-refractivity contribution in [2.45, 2.75) is 26.2 Å². The van der Waals surface area contributed by atoms with Crippen molar-refractivity contribution in [2.24, 2.45) is 0 Å². The second-order valence-electron chi connectivity index (χ2n) is 5.99. The summed E-state index contributed by atoms with van der Waals surface area (Å²) in [4.78, 5) is 24.4. The molecule has 0 aliphatic carbocycles. The molecule has 0 bridgehead atoms. The number of carbonyl (C=O) groups excluding carboxylic acids is 2. The third kappa shape index (κ3) is 5.37. The Bertz CT molecular complexity index is 815. The highest BCUT2D eigenvalue weighted by Crippen LogP contribution is 2.34. The number of esters is 1. The van der Waals surface area contributed by atoms with Crippen molar-refractivity contribution in [3.63, 3.8) is 0 Å². The number of amides is 1. The summed E-state index contributed by atoms with van der Waals surface area (Å²) < 4.78 is 10.1. The van der Waals surface area contributed by atoms with Crippen LogP contribution in [0.5, 0.6) is 5.75 Å². The van der Waals surface area contributed by atoms with Gasteiger partial charge in [-0.25, -0.2) is 4.79 Å². The summed E-state index contributed by atoms with van der Waals surface area (Å²) in [6.07, 6.45) is 0.945. The Hall–Kier alpha value is -2.24. The first-order valence-corrected chi connectivity index (χ1v) is 9.21. The van der Waals surface area contributed by atoms with E-state index in [1.54, 1.807) is 0 Å². The molecule has 0 aliphatic rings. The van der Waals surface area contributed by atoms with E-state index >= 15 is 0 Å². The quantitative estimate of drug-likeness (QED) is 0.629. The third-order valence-electron chi connectivity index (χ3n) is 4.15. The molecule has 0 unspecified atom stereocenters. The third-order valence-corrected chi connectivity index (χ3v) is 4.71. The highest BCUT2D eigenvalue weighted by Gasteiger charge is 2.17. The molecule has 5 nitrogen and oxygen atoms in total. The summed E-state index contributed by atoms with van der Waals surface area (Å²) in [5.41, 5.74) is 1.88. The topological polar surface area (TPSA) is 64.6 Å². The highest BCUT2D eigenvalue weighted by atomic mass is 35.5. The fraction of sp³-hybridized carbons (Fsp3) is 0.300. The standard InChI is InChI=1S/C20H21Cl2NO4/c1-4-12(2)14-7-5-6-8-17(14)23-18(24)11-27-20(25)13-9-15(21)19(26-3)16(22)10-13/h5-10,12H,4,11H2,1-3H3,(H,23,24)/t12-/m0/s1. The molecule has 27 heavy (non-hydrogen) atoms. The van der Waals surface area contributed by atoms with Gasteiger partial charge in [-0.1, -0.05) is 55.2 Å². The number of benzene rings is 2. The summed E-state index contributed by atoms with van der Waals surface area (Å²) in [6, 6.07) is 10.3. The van der Waals surface area contributed by atoms with Crippen molar-refractivity contribution in [3.8, 4) is 5.75 Å². The van der Waals surface area contributed by atoms with Crippen LogP contribution in [0.1, 0.15) is 42.1 Å². The van der Waals surface area contributed by atoms with Gasteiger partial charge in [0.15, 0.2) is 12.4 Å². The van der Waals surface area contributed by atoms with Crippen LogP contribution in [-0.2, 0) is 9.53 Å². The molecule has 0 saturated heterocycles. The Morgan fingerprint density at radius 1 is 1.15 bits per heavy atom. The van der Waals surface area contributed by atoms with Crippen molar-refractivity contribution in [1.82, 2.24) is 0 Å². The molecule has 0 fully saturated rings. The Morgan fingerprint density at radius 2 is 1.78 bits per heavy atom. The van der Waals surface area contributed by atoms with Crippen molar-refractivity contribution in [1.29, 1.82) is 0 Å². The van der Waals surface area contributed by atoms with E-state index in [1.165, 1.54) is 19.2 Å². The minimum atomic E-state index is -0.702. The molecule has 1 amide bonds. The minimum Gasteiger partial charge on any atom is -0.494 e. The van der Waals surface area contributed by atoms with E-state index in [4.69, 9.17) is 32.7 Å². The van der Waals surface area contributed by atoms with E-state index in [1.807, 2.05) is 24.3 Å². The number of hydrogen-bond acceptors (Lipinski definition) is 4. The number of rotatable bonds is 7. The van der Waals surface area contributed by atoms with Gasteiger partial charge in [0.25, 0.3) is 5.91 Å². The van der Waals surface area contributed by atoms with Crippen LogP contribution in [0.3, 0.4) is 0 Å². The van der Waals surface area contributed by atoms with Gasteiger partial charge in [0.2, 0.25) is 0 Å². The van der Waals surface area contributed by atoms with Crippen LogP contribution < -0.4 is 10.1 Å². The van der Waals surface area contributed by atoms with Gasteiger partial charge in [-0.2, -0.15) is 0 Å². The van der Waals surface area contributed by atoms with Gasteiger partial charge in [0.05, 0.1) is 22.7 Å². The van der Waals surface area contributed by atoms with Crippen molar-refractivity contribution in [2.75, 3.05) is 19.0 Å².